The highest BCUT2D eigenvalue weighted by Crippen LogP contribution is 2.25. The molecule has 1 amide bonds. The molecule has 1 aromatic rings. The maximum atomic E-state index is 13.0. The van der Waals surface area contributed by atoms with Crippen LogP contribution in [0.1, 0.15) is 37.7 Å². The molecular weight excluding hydrogens is 307 g/mol. The zero-order valence-electron chi connectivity index (χ0n) is 12.9. The molecule has 0 aliphatic heterocycles. The van der Waals surface area contributed by atoms with Gasteiger partial charge in [-0.15, -0.1) is 0 Å². The van der Waals surface area contributed by atoms with Gasteiger partial charge in [-0.1, -0.05) is 25.5 Å². The first kappa shape index (κ1) is 18.6. The van der Waals surface area contributed by atoms with Crippen molar-refractivity contribution in [2.75, 3.05) is 19.3 Å². The molecule has 2 N–H and O–H groups in total. The van der Waals surface area contributed by atoms with Crippen LogP contribution in [0, 0.1) is 5.82 Å². The highest BCUT2D eigenvalue weighted by Gasteiger charge is 2.16. The molecule has 0 saturated carbocycles. The van der Waals surface area contributed by atoms with Gasteiger partial charge in [-0.25, -0.2) is 17.5 Å². The van der Waals surface area contributed by atoms with E-state index in [2.05, 4.69) is 10.0 Å². The Bertz CT molecular complexity index is 573. The van der Waals surface area contributed by atoms with Crippen molar-refractivity contribution in [3.63, 3.8) is 0 Å². The Morgan fingerprint density at radius 2 is 1.91 bits per heavy atom. The SMILES string of the molecule is CCCC(CC(=O)NCCS(=O)(=O)NC)c1ccc(F)cc1. The van der Waals surface area contributed by atoms with Crippen molar-refractivity contribution < 1.29 is 17.6 Å². The summed E-state index contributed by atoms with van der Waals surface area (Å²) >= 11 is 0. The molecule has 124 valence electrons. The van der Waals surface area contributed by atoms with Crippen LogP contribution in [-0.2, 0) is 14.8 Å². The maximum absolute atomic E-state index is 13.0. The lowest BCUT2D eigenvalue weighted by molar-refractivity contribution is -0.121. The third-order valence-corrected chi connectivity index (χ3v) is 4.78. The average molecular weight is 330 g/mol. The Morgan fingerprint density at radius 1 is 1.27 bits per heavy atom. The molecule has 1 atom stereocenters. The van der Waals surface area contributed by atoms with Gasteiger partial charge < -0.3 is 5.32 Å². The summed E-state index contributed by atoms with van der Waals surface area (Å²) in [6.07, 6.45) is 1.98. The van der Waals surface area contributed by atoms with E-state index in [1.54, 1.807) is 12.1 Å². The van der Waals surface area contributed by atoms with Crippen LogP contribution in [0.25, 0.3) is 0 Å². The highest BCUT2D eigenvalue weighted by molar-refractivity contribution is 7.89. The van der Waals surface area contributed by atoms with Gasteiger partial charge in [0.25, 0.3) is 0 Å². The topological polar surface area (TPSA) is 75.3 Å². The van der Waals surface area contributed by atoms with Gasteiger partial charge in [0.1, 0.15) is 5.82 Å². The maximum Gasteiger partial charge on any atom is 0.220 e. The second kappa shape index (κ2) is 8.85. The van der Waals surface area contributed by atoms with E-state index >= 15 is 0 Å². The molecule has 0 heterocycles. The largest absolute Gasteiger partial charge is 0.355 e. The molecule has 0 fully saturated rings. The first-order valence-corrected chi connectivity index (χ1v) is 8.96. The number of sulfonamides is 1. The summed E-state index contributed by atoms with van der Waals surface area (Å²) in [5.74, 6) is -0.647. The molecule has 1 rings (SSSR count). The minimum absolute atomic E-state index is 0.00603. The zero-order chi connectivity index (χ0) is 16.6. The monoisotopic (exact) mass is 330 g/mol. The quantitative estimate of drug-likeness (QED) is 0.724. The van der Waals surface area contributed by atoms with Gasteiger partial charge in [0.05, 0.1) is 5.75 Å². The molecule has 0 aliphatic rings. The van der Waals surface area contributed by atoms with E-state index in [0.29, 0.717) is 0 Å². The molecule has 0 aromatic heterocycles. The number of hydrogen-bond acceptors (Lipinski definition) is 3. The fraction of sp³-hybridized carbons (Fsp3) is 0.533. The van der Waals surface area contributed by atoms with Gasteiger partial charge in [0, 0.05) is 13.0 Å². The lowest BCUT2D eigenvalue weighted by Gasteiger charge is -2.16. The highest BCUT2D eigenvalue weighted by atomic mass is 32.2. The smallest absolute Gasteiger partial charge is 0.220 e. The second-order valence-electron chi connectivity index (χ2n) is 5.11. The van der Waals surface area contributed by atoms with Gasteiger partial charge in [-0.3, -0.25) is 4.79 Å². The van der Waals surface area contributed by atoms with Gasteiger partial charge in [0.15, 0.2) is 0 Å². The van der Waals surface area contributed by atoms with Crippen LogP contribution in [0.2, 0.25) is 0 Å². The molecule has 0 bridgehead atoms. The number of carbonyl (C=O) groups is 1. The summed E-state index contributed by atoms with van der Waals surface area (Å²) in [5, 5.41) is 2.61. The predicted octanol–water partition coefficient (Wildman–Crippen LogP) is 1.76. The Hall–Kier alpha value is -1.47. The fourth-order valence-electron chi connectivity index (χ4n) is 2.19. The molecule has 0 radical (unpaired) electrons. The lowest BCUT2D eigenvalue weighted by atomic mass is 9.91. The number of nitrogens with one attached hydrogen (secondary N) is 2. The van der Waals surface area contributed by atoms with E-state index < -0.39 is 10.0 Å². The van der Waals surface area contributed by atoms with Crippen molar-refractivity contribution >= 4 is 15.9 Å². The van der Waals surface area contributed by atoms with Crippen molar-refractivity contribution in [1.29, 1.82) is 0 Å². The van der Waals surface area contributed by atoms with Crippen LogP contribution in [0.4, 0.5) is 4.39 Å². The summed E-state index contributed by atoms with van der Waals surface area (Å²) < 4.78 is 37.7. The molecule has 1 unspecified atom stereocenters. The molecule has 0 spiro atoms. The van der Waals surface area contributed by atoms with Crippen molar-refractivity contribution in [2.24, 2.45) is 0 Å². The van der Waals surface area contributed by atoms with Crippen molar-refractivity contribution in [2.45, 2.75) is 32.1 Å². The number of amides is 1. The summed E-state index contributed by atoms with van der Waals surface area (Å²) in [4.78, 5) is 11.9. The van der Waals surface area contributed by atoms with E-state index in [9.17, 15) is 17.6 Å². The van der Waals surface area contributed by atoms with Crippen molar-refractivity contribution in [1.82, 2.24) is 10.0 Å². The third-order valence-electron chi connectivity index (χ3n) is 3.41. The Kier molecular flexibility index (Phi) is 7.47. The van der Waals surface area contributed by atoms with Crippen LogP contribution in [-0.4, -0.2) is 33.7 Å². The fourth-order valence-corrected chi connectivity index (χ4v) is 2.77. The van der Waals surface area contributed by atoms with Crippen LogP contribution in [0.3, 0.4) is 0 Å². The van der Waals surface area contributed by atoms with E-state index in [1.165, 1.54) is 19.2 Å². The summed E-state index contributed by atoms with van der Waals surface area (Å²) in [6.45, 7) is 2.10. The Morgan fingerprint density at radius 3 is 2.45 bits per heavy atom. The van der Waals surface area contributed by atoms with Gasteiger partial charge in [-0.05, 0) is 37.1 Å². The van der Waals surface area contributed by atoms with E-state index in [-0.39, 0.29) is 36.4 Å². The Balaban J connectivity index is 2.56. The molecule has 5 nitrogen and oxygen atoms in total. The molecule has 7 heteroatoms. The average Bonchev–Trinajstić information content (AvgIpc) is 2.47. The number of carbonyl (C=O) groups excluding carboxylic acids is 1. The normalized spacial score (nSPS) is 12.9. The Labute approximate surface area is 131 Å². The molecule has 1 aromatic carbocycles. The van der Waals surface area contributed by atoms with Crippen molar-refractivity contribution in [3.8, 4) is 0 Å². The minimum Gasteiger partial charge on any atom is -0.355 e. The minimum atomic E-state index is -3.32. The molecule has 0 aliphatic carbocycles. The van der Waals surface area contributed by atoms with Gasteiger partial charge in [0.2, 0.25) is 15.9 Å². The van der Waals surface area contributed by atoms with Gasteiger partial charge in [-0.2, -0.15) is 0 Å². The third kappa shape index (κ3) is 6.53. The number of hydrogen-bond donors (Lipinski definition) is 2. The van der Waals surface area contributed by atoms with E-state index in [0.717, 1.165) is 18.4 Å². The predicted molar refractivity (Wildman–Crippen MR) is 84.5 cm³/mol. The van der Waals surface area contributed by atoms with Gasteiger partial charge >= 0.3 is 0 Å². The molecular formula is C15H23FN2O3S. The number of benzene rings is 1. The standard InChI is InChI=1S/C15H23FN2O3S/c1-3-4-13(12-5-7-14(16)8-6-12)11-15(19)18-9-10-22(20,21)17-2/h5-8,13,17H,3-4,9-11H2,1-2H3,(H,18,19). The van der Waals surface area contributed by atoms with Crippen molar-refractivity contribution in [3.05, 3.63) is 35.6 Å². The summed E-state index contributed by atoms with van der Waals surface area (Å²) in [6, 6.07) is 6.15. The number of halogens is 1. The summed E-state index contributed by atoms with van der Waals surface area (Å²) in [5.41, 5.74) is 0.918. The second-order valence-corrected chi connectivity index (χ2v) is 7.16. The first-order chi connectivity index (χ1) is 10.4. The van der Waals surface area contributed by atoms with E-state index in [4.69, 9.17) is 0 Å². The molecule has 22 heavy (non-hydrogen) atoms. The summed E-state index contributed by atoms with van der Waals surface area (Å²) in [7, 11) is -1.98. The molecule has 0 saturated heterocycles. The lowest BCUT2D eigenvalue weighted by Crippen LogP contribution is -2.33. The van der Waals surface area contributed by atoms with Crippen LogP contribution in [0.15, 0.2) is 24.3 Å². The zero-order valence-corrected chi connectivity index (χ0v) is 13.7. The van der Waals surface area contributed by atoms with Crippen LogP contribution < -0.4 is 10.0 Å². The van der Waals surface area contributed by atoms with Crippen LogP contribution in [0.5, 0.6) is 0 Å². The van der Waals surface area contributed by atoms with E-state index in [1.807, 2.05) is 6.92 Å². The first-order valence-electron chi connectivity index (χ1n) is 7.31. The number of rotatable bonds is 9. The van der Waals surface area contributed by atoms with Crippen LogP contribution >= 0.6 is 0 Å².